The van der Waals surface area contributed by atoms with E-state index in [1.54, 1.807) is 0 Å². The van der Waals surface area contributed by atoms with E-state index < -0.39 is 0 Å². The highest BCUT2D eigenvalue weighted by atomic mass is 15.1. The number of anilines is 1. The van der Waals surface area contributed by atoms with Crippen LogP contribution < -0.4 is 5.32 Å². The summed E-state index contributed by atoms with van der Waals surface area (Å²) in [4.78, 5) is 4.59. The summed E-state index contributed by atoms with van der Waals surface area (Å²) in [7, 11) is 0. The van der Waals surface area contributed by atoms with Crippen LogP contribution in [0.1, 0.15) is 37.7 Å². The summed E-state index contributed by atoms with van der Waals surface area (Å²) >= 11 is 0. The molecular formula is C20H21N5. The minimum absolute atomic E-state index is 0.428. The number of rotatable bonds is 4. The molecule has 5 heteroatoms. The van der Waals surface area contributed by atoms with Gasteiger partial charge in [-0.15, -0.1) is 0 Å². The normalized spacial score (nSPS) is 15.2. The van der Waals surface area contributed by atoms with Crippen LogP contribution in [-0.4, -0.2) is 21.2 Å². The number of aromatic amines is 1. The van der Waals surface area contributed by atoms with Crippen molar-refractivity contribution in [3.8, 4) is 17.3 Å². The molecular weight excluding hydrogens is 310 g/mol. The third-order valence-corrected chi connectivity index (χ3v) is 4.93. The first-order valence-corrected chi connectivity index (χ1v) is 8.91. The number of benzene rings is 1. The fourth-order valence-electron chi connectivity index (χ4n) is 3.60. The SMILES string of the molecule is N#CCc1ccc(-c2n[nH]c3ccnc(NC4CCCCC4)c23)cc1. The van der Waals surface area contributed by atoms with E-state index in [-0.39, 0.29) is 0 Å². The van der Waals surface area contributed by atoms with Crippen LogP contribution in [0.5, 0.6) is 0 Å². The molecule has 1 fully saturated rings. The third kappa shape index (κ3) is 3.20. The first-order chi connectivity index (χ1) is 12.3. The Balaban J connectivity index is 1.70. The van der Waals surface area contributed by atoms with Crippen molar-refractivity contribution in [2.45, 2.75) is 44.6 Å². The third-order valence-electron chi connectivity index (χ3n) is 4.93. The summed E-state index contributed by atoms with van der Waals surface area (Å²) in [6, 6.07) is 12.7. The van der Waals surface area contributed by atoms with Crippen molar-refractivity contribution in [3.63, 3.8) is 0 Å². The number of aromatic nitrogens is 3. The lowest BCUT2D eigenvalue weighted by Gasteiger charge is -2.23. The topological polar surface area (TPSA) is 77.4 Å². The van der Waals surface area contributed by atoms with Crippen LogP contribution in [0.25, 0.3) is 22.2 Å². The maximum Gasteiger partial charge on any atom is 0.137 e. The number of nitrogens with one attached hydrogen (secondary N) is 2. The molecule has 2 heterocycles. The van der Waals surface area contributed by atoms with Gasteiger partial charge in [0.1, 0.15) is 11.5 Å². The molecule has 3 aromatic rings. The Morgan fingerprint density at radius 1 is 1.12 bits per heavy atom. The molecule has 0 amide bonds. The molecule has 1 aliphatic carbocycles. The van der Waals surface area contributed by atoms with Gasteiger partial charge in [0.25, 0.3) is 0 Å². The van der Waals surface area contributed by atoms with Gasteiger partial charge in [0.15, 0.2) is 0 Å². The van der Waals surface area contributed by atoms with Crippen molar-refractivity contribution in [1.29, 1.82) is 5.26 Å². The highest BCUT2D eigenvalue weighted by molar-refractivity contribution is 6.00. The molecule has 2 aromatic heterocycles. The summed E-state index contributed by atoms with van der Waals surface area (Å²) in [5.41, 5.74) is 3.95. The van der Waals surface area contributed by atoms with Gasteiger partial charge in [-0.05, 0) is 24.5 Å². The van der Waals surface area contributed by atoms with Crippen molar-refractivity contribution in [3.05, 3.63) is 42.1 Å². The van der Waals surface area contributed by atoms with Crippen LogP contribution in [0.2, 0.25) is 0 Å². The summed E-state index contributed by atoms with van der Waals surface area (Å²) < 4.78 is 0. The number of nitrogens with zero attached hydrogens (tertiary/aromatic N) is 3. The molecule has 0 bridgehead atoms. The van der Waals surface area contributed by atoms with E-state index in [1.165, 1.54) is 32.1 Å². The van der Waals surface area contributed by atoms with E-state index in [9.17, 15) is 0 Å². The Bertz CT molecular complexity index is 898. The smallest absolute Gasteiger partial charge is 0.137 e. The molecule has 1 saturated carbocycles. The van der Waals surface area contributed by atoms with Gasteiger partial charge in [-0.1, -0.05) is 43.5 Å². The number of pyridine rings is 1. The second kappa shape index (κ2) is 6.94. The highest BCUT2D eigenvalue weighted by Crippen LogP contribution is 2.32. The van der Waals surface area contributed by atoms with Crippen molar-refractivity contribution < 1.29 is 0 Å². The lowest BCUT2D eigenvalue weighted by molar-refractivity contribution is 0.462. The molecule has 1 aliphatic rings. The van der Waals surface area contributed by atoms with Gasteiger partial charge in [0.2, 0.25) is 0 Å². The van der Waals surface area contributed by atoms with Gasteiger partial charge in [0, 0.05) is 17.8 Å². The van der Waals surface area contributed by atoms with Crippen molar-refractivity contribution in [2.75, 3.05) is 5.32 Å². The number of H-pyrrole nitrogens is 1. The zero-order valence-electron chi connectivity index (χ0n) is 14.1. The Morgan fingerprint density at radius 3 is 2.68 bits per heavy atom. The molecule has 0 atom stereocenters. The molecule has 126 valence electrons. The van der Waals surface area contributed by atoms with Crippen molar-refractivity contribution in [2.24, 2.45) is 0 Å². The Labute approximate surface area is 147 Å². The summed E-state index contributed by atoms with van der Waals surface area (Å²) in [6.07, 6.45) is 8.56. The van der Waals surface area contributed by atoms with E-state index in [2.05, 4.69) is 26.6 Å². The molecule has 5 nitrogen and oxygen atoms in total. The Hall–Kier alpha value is -2.87. The van der Waals surface area contributed by atoms with Gasteiger partial charge >= 0.3 is 0 Å². The van der Waals surface area contributed by atoms with E-state index in [0.717, 1.165) is 33.5 Å². The molecule has 0 spiro atoms. The molecule has 2 N–H and O–H groups in total. The Kier molecular flexibility index (Phi) is 4.34. The zero-order valence-corrected chi connectivity index (χ0v) is 14.1. The molecule has 0 aliphatic heterocycles. The monoisotopic (exact) mass is 331 g/mol. The quantitative estimate of drug-likeness (QED) is 0.741. The summed E-state index contributed by atoms with van der Waals surface area (Å²) in [5, 5.41) is 21.1. The zero-order chi connectivity index (χ0) is 17.1. The van der Waals surface area contributed by atoms with Crippen LogP contribution in [0.3, 0.4) is 0 Å². The second-order valence-electron chi connectivity index (χ2n) is 6.67. The fraction of sp³-hybridized carbons (Fsp3) is 0.350. The van der Waals surface area contributed by atoms with Crippen LogP contribution >= 0.6 is 0 Å². The predicted octanol–water partition coefficient (Wildman–Crippen LogP) is 4.44. The predicted molar refractivity (Wildman–Crippen MR) is 99.1 cm³/mol. The molecule has 0 saturated heterocycles. The lowest BCUT2D eigenvalue weighted by Crippen LogP contribution is -2.22. The Morgan fingerprint density at radius 2 is 1.92 bits per heavy atom. The minimum atomic E-state index is 0.428. The van der Waals surface area contributed by atoms with Crippen LogP contribution in [0, 0.1) is 11.3 Å². The number of hydrogen-bond donors (Lipinski definition) is 2. The number of fused-ring (bicyclic) bond motifs is 1. The van der Waals surface area contributed by atoms with Crippen molar-refractivity contribution >= 4 is 16.7 Å². The second-order valence-corrected chi connectivity index (χ2v) is 6.67. The molecule has 4 rings (SSSR count). The molecule has 25 heavy (non-hydrogen) atoms. The van der Waals surface area contributed by atoms with Crippen LogP contribution in [-0.2, 0) is 6.42 Å². The average Bonchev–Trinajstić information content (AvgIpc) is 3.09. The first kappa shape index (κ1) is 15.6. The standard InChI is InChI=1S/C20H21N5/c21-12-10-14-6-8-15(9-7-14)19-18-17(24-25-19)11-13-22-20(18)23-16-4-2-1-3-5-16/h6-9,11,13,16H,1-5,10H2,(H,22,23)(H,24,25). The van der Waals surface area contributed by atoms with Gasteiger partial charge in [-0.2, -0.15) is 10.4 Å². The van der Waals surface area contributed by atoms with E-state index in [4.69, 9.17) is 5.26 Å². The molecule has 0 radical (unpaired) electrons. The highest BCUT2D eigenvalue weighted by Gasteiger charge is 2.18. The number of hydrogen-bond acceptors (Lipinski definition) is 4. The van der Waals surface area contributed by atoms with Crippen LogP contribution in [0.15, 0.2) is 36.5 Å². The average molecular weight is 331 g/mol. The number of nitriles is 1. The maximum absolute atomic E-state index is 8.82. The first-order valence-electron chi connectivity index (χ1n) is 8.91. The summed E-state index contributed by atoms with van der Waals surface area (Å²) in [5.74, 6) is 0.911. The molecule has 0 unspecified atom stereocenters. The minimum Gasteiger partial charge on any atom is -0.367 e. The van der Waals surface area contributed by atoms with E-state index in [0.29, 0.717) is 12.5 Å². The van der Waals surface area contributed by atoms with E-state index >= 15 is 0 Å². The lowest BCUT2D eigenvalue weighted by atomic mass is 9.95. The van der Waals surface area contributed by atoms with Gasteiger partial charge in [0.05, 0.1) is 23.4 Å². The van der Waals surface area contributed by atoms with Crippen LogP contribution in [0.4, 0.5) is 5.82 Å². The largest absolute Gasteiger partial charge is 0.367 e. The van der Waals surface area contributed by atoms with Gasteiger partial charge in [-0.3, -0.25) is 5.10 Å². The van der Waals surface area contributed by atoms with Crippen molar-refractivity contribution in [1.82, 2.24) is 15.2 Å². The van der Waals surface area contributed by atoms with Gasteiger partial charge < -0.3 is 5.32 Å². The molecule has 1 aromatic carbocycles. The van der Waals surface area contributed by atoms with E-state index in [1.807, 2.05) is 36.5 Å². The summed E-state index contributed by atoms with van der Waals surface area (Å²) in [6.45, 7) is 0. The maximum atomic E-state index is 8.82. The fourth-order valence-corrected chi connectivity index (χ4v) is 3.60. The van der Waals surface area contributed by atoms with Gasteiger partial charge in [-0.25, -0.2) is 4.98 Å².